The average Bonchev–Trinajstić information content (AvgIpc) is 3.10. The van der Waals surface area contributed by atoms with E-state index in [9.17, 15) is 4.79 Å². The summed E-state index contributed by atoms with van der Waals surface area (Å²) in [6.07, 6.45) is 4.04. The number of hydrogen-bond donors (Lipinski definition) is 2. The minimum atomic E-state index is -1.07. The number of fused-ring (bicyclic) bond motifs is 2. The topological polar surface area (TPSA) is 88.8 Å². The number of benzene rings is 1. The molecule has 1 aliphatic rings. The van der Waals surface area contributed by atoms with E-state index in [1.165, 1.54) is 0 Å². The first-order valence-corrected chi connectivity index (χ1v) is 7.25. The Morgan fingerprint density at radius 3 is 3.13 bits per heavy atom. The Labute approximate surface area is 135 Å². The van der Waals surface area contributed by atoms with Crippen LogP contribution in [0, 0.1) is 0 Å². The molecule has 1 amide bonds. The molecule has 0 unspecified atom stereocenters. The van der Waals surface area contributed by atoms with Gasteiger partial charge in [0, 0.05) is 23.5 Å². The Morgan fingerprint density at radius 2 is 2.30 bits per heavy atom. The second-order valence-electron chi connectivity index (χ2n) is 5.17. The van der Waals surface area contributed by atoms with E-state index >= 15 is 0 Å². The first-order chi connectivity index (χ1) is 11.1. The normalized spacial score (nSPS) is 16.1. The molecule has 8 heteroatoms. The molecule has 23 heavy (non-hydrogen) atoms. The van der Waals surface area contributed by atoms with E-state index < -0.39 is 6.09 Å². The van der Waals surface area contributed by atoms with Gasteiger partial charge in [-0.1, -0.05) is 23.7 Å². The summed E-state index contributed by atoms with van der Waals surface area (Å²) in [4.78, 5) is 19.4. The Balaban J connectivity index is 1.71. The first-order valence-electron chi connectivity index (χ1n) is 6.87. The fourth-order valence-corrected chi connectivity index (χ4v) is 2.79. The lowest BCUT2D eigenvalue weighted by molar-refractivity contribution is 0.186. The van der Waals surface area contributed by atoms with Gasteiger partial charge in [0.1, 0.15) is 12.4 Å². The van der Waals surface area contributed by atoms with Crippen LogP contribution in [0.5, 0.6) is 5.75 Å². The van der Waals surface area contributed by atoms with Crippen LogP contribution in [0.2, 0.25) is 5.02 Å². The molecule has 1 atom stereocenters. The number of nitrogens with one attached hydrogen (secondary N) is 1. The molecule has 3 heterocycles. The largest absolute Gasteiger partial charge is 0.491 e. The average molecular weight is 331 g/mol. The lowest BCUT2D eigenvalue weighted by Crippen LogP contribution is -2.27. The van der Waals surface area contributed by atoms with Gasteiger partial charge in [-0.2, -0.15) is 0 Å². The van der Waals surface area contributed by atoms with Gasteiger partial charge in [0.2, 0.25) is 5.78 Å². The van der Waals surface area contributed by atoms with Crippen molar-refractivity contribution < 1.29 is 14.6 Å². The number of nitrogens with zero attached hydrogens (tertiary/aromatic N) is 3. The van der Waals surface area contributed by atoms with E-state index in [4.69, 9.17) is 21.4 Å². The van der Waals surface area contributed by atoms with Gasteiger partial charge >= 0.3 is 6.09 Å². The van der Waals surface area contributed by atoms with Gasteiger partial charge in [-0.25, -0.2) is 14.8 Å². The van der Waals surface area contributed by atoms with Gasteiger partial charge in [0.15, 0.2) is 0 Å². The molecule has 2 aromatic heterocycles. The molecule has 1 aliphatic heterocycles. The van der Waals surface area contributed by atoms with E-state index in [1.807, 2.05) is 24.4 Å². The van der Waals surface area contributed by atoms with Gasteiger partial charge in [0.25, 0.3) is 0 Å². The van der Waals surface area contributed by atoms with Crippen LogP contribution in [0.15, 0.2) is 36.8 Å². The third-order valence-electron chi connectivity index (χ3n) is 3.67. The van der Waals surface area contributed by atoms with Gasteiger partial charge in [0.05, 0.1) is 23.0 Å². The third-order valence-corrected chi connectivity index (χ3v) is 3.86. The SMILES string of the molecule is O=C(O)N[C@H]1COc2cc(-c3cn4cc(Cl)cnc4n3)ccc21. The number of hydrogen-bond acceptors (Lipinski definition) is 4. The van der Waals surface area contributed by atoms with Gasteiger partial charge in [-0.05, 0) is 6.07 Å². The number of aromatic nitrogens is 3. The number of ether oxygens (including phenoxy) is 1. The van der Waals surface area contributed by atoms with Crippen molar-refractivity contribution in [2.24, 2.45) is 0 Å². The molecule has 0 spiro atoms. The van der Waals surface area contributed by atoms with Crippen LogP contribution >= 0.6 is 11.6 Å². The number of halogens is 1. The molecule has 0 fully saturated rings. The Hall–Kier alpha value is -2.80. The second-order valence-corrected chi connectivity index (χ2v) is 5.61. The Morgan fingerprint density at radius 1 is 1.43 bits per heavy atom. The maximum Gasteiger partial charge on any atom is 0.405 e. The van der Waals surface area contributed by atoms with Crippen molar-refractivity contribution in [2.75, 3.05) is 6.61 Å². The van der Waals surface area contributed by atoms with Crippen LogP contribution in [0.4, 0.5) is 4.79 Å². The fourth-order valence-electron chi connectivity index (χ4n) is 2.64. The monoisotopic (exact) mass is 330 g/mol. The molecule has 7 nitrogen and oxygen atoms in total. The van der Waals surface area contributed by atoms with Crippen LogP contribution in [-0.4, -0.2) is 32.2 Å². The molecule has 0 aliphatic carbocycles. The van der Waals surface area contributed by atoms with Crippen molar-refractivity contribution in [3.63, 3.8) is 0 Å². The highest BCUT2D eigenvalue weighted by atomic mass is 35.5. The zero-order valence-electron chi connectivity index (χ0n) is 11.7. The fraction of sp³-hybridized carbons (Fsp3) is 0.133. The van der Waals surface area contributed by atoms with Crippen molar-refractivity contribution >= 4 is 23.5 Å². The van der Waals surface area contributed by atoms with E-state index in [0.717, 1.165) is 16.8 Å². The first kappa shape index (κ1) is 13.8. The molecule has 2 N–H and O–H groups in total. The molecule has 3 aromatic rings. The number of carboxylic acid groups (broad SMARTS) is 1. The van der Waals surface area contributed by atoms with Crippen LogP contribution in [0.25, 0.3) is 17.0 Å². The van der Waals surface area contributed by atoms with Crippen LogP contribution < -0.4 is 10.1 Å². The highest BCUT2D eigenvalue weighted by Crippen LogP contribution is 2.35. The van der Waals surface area contributed by atoms with E-state index in [0.29, 0.717) is 16.5 Å². The van der Waals surface area contributed by atoms with Crippen LogP contribution in [0.1, 0.15) is 11.6 Å². The summed E-state index contributed by atoms with van der Waals surface area (Å²) in [5, 5.41) is 11.8. The van der Waals surface area contributed by atoms with Crippen molar-refractivity contribution in [3.05, 3.63) is 47.4 Å². The molecule has 4 rings (SSSR count). The summed E-state index contributed by atoms with van der Waals surface area (Å²) in [5.74, 6) is 1.21. The van der Waals surface area contributed by atoms with Crippen LogP contribution in [-0.2, 0) is 0 Å². The summed E-state index contributed by atoms with van der Waals surface area (Å²) >= 11 is 5.92. The lowest BCUT2D eigenvalue weighted by Gasteiger charge is -2.08. The molecule has 0 radical (unpaired) electrons. The molecule has 0 bridgehead atoms. The Kier molecular flexibility index (Phi) is 3.09. The van der Waals surface area contributed by atoms with Gasteiger partial charge < -0.3 is 15.2 Å². The zero-order chi connectivity index (χ0) is 16.0. The van der Waals surface area contributed by atoms with E-state index in [1.54, 1.807) is 16.8 Å². The van der Waals surface area contributed by atoms with Crippen molar-refractivity contribution in [2.45, 2.75) is 6.04 Å². The predicted octanol–water partition coefficient (Wildman–Crippen LogP) is 2.75. The number of rotatable bonds is 2. The van der Waals surface area contributed by atoms with Gasteiger partial charge in [-0.15, -0.1) is 0 Å². The summed E-state index contributed by atoms with van der Waals surface area (Å²) < 4.78 is 7.32. The third kappa shape index (κ3) is 2.44. The van der Waals surface area contributed by atoms with Gasteiger partial charge in [-0.3, -0.25) is 4.40 Å². The summed E-state index contributed by atoms with van der Waals surface area (Å²) in [5.41, 5.74) is 2.42. The number of imidazole rings is 1. The van der Waals surface area contributed by atoms with Crippen molar-refractivity contribution in [1.29, 1.82) is 0 Å². The molecule has 0 saturated heterocycles. The highest BCUT2D eigenvalue weighted by Gasteiger charge is 2.26. The number of amides is 1. The number of carbonyl (C=O) groups is 1. The minimum absolute atomic E-state index is 0.285. The molecular weight excluding hydrogens is 320 g/mol. The Bertz CT molecular complexity index is 924. The standard InChI is InChI=1S/C15H11ClN4O3/c16-9-4-17-14-18-11(6-20(14)5-9)8-1-2-10-12(19-15(21)22)7-23-13(10)3-8/h1-6,12,19H,7H2,(H,21,22)/t12-/m0/s1. The highest BCUT2D eigenvalue weighted by molar-refractivity contribution is 6.30. The predicted molar refractivity (Wildman–Crippen MR) is 82.8 cm³/mol. The molecule has 116 valence electrons. The second kappa shape index (κ2) is 5.13. The molecule has 0 saturated carbocycles. The van der Waals surface area contributed by atoms with E-state index in [2.05, 4.69) is 15.3 Å². The maximum absolute atomic E-state index is 10.8. The summed E-state index contributed by atoms with van der Waals surface area (Å²) in [6, 6.07) is 5.23. The van der Waals surface area contributed by atoms with Crippen LogP contribution in [0.3, 0.4) is 0 Å². The summed E-state index contributed by atoms with van der Waals surface area (Å²) in [7, 11) is 0. The van der Waals surface area contributed by atoms with Crippen molar-refractivity contribution in [1.82, 2.24) is 19.7 Å². The lowest BCUT2D eigenvalue weighted by atomic mass is 10.0. The summed E-state index contributed by atoms with van der Waals surface area (Å²) in [6.45, 7) is 0.285. The quantitative estimate of drug-likeness (QED) is 0.754. The van der Waals surface area contributed by atoms with E-state index in [-0.39, 0.29) is 12.6 Å². The van der Waals surface area contributed by atoms with Crippen molar-refractivity contribution in [3.8, 4) is 17.0 Å². The molecule has 1 aromatic carbocycles. The zero-order valence-corrected chi connectivity index (χ0v) is 12.5. The smallest absolute Gasteiger partial charge is 0.405 e. The maximum atomic E-state index is 10.8. The minimum Gasteiger partial charge on any atom is -0.491 e. The molecular formula is C15H11ClN4O3.